The molecule has 2 aromatic rings. The van der Waals surface area contributed by atoms with Crippen LogP contribution < -0.4 is 0 Å². The van der Waals surface area contributed by atoms with Crippen molar-refractivity contribution in [1.29, 1.82) is 0 Å². The molecule has 1 aliphatic rings. The summed E-state index contributed by atoms with van der Waals surface area (Å²) in [4.78, 5) is 17.6. The number of benzene rings is 1. The summed E-state index contributed by atoms with van der Waals surface area (Å²) in [5.74, 6) is 0.125. The number of rotatable bonds is 2. The Labute approximate surface area is 163 Å². The maximum atomic E-state index is 13.1. The van der Waals surface area contributed by atoms with Gasteiger partial charge in [-0.05, 0) is 80.1 Å². The summed E-state index contributed by atoms with van der Waals surface area (Å²) in [6.45, 7) is 10.3. The molecule has 0 spiro atoms. The Hall–Kier alpha value is -1.34. The third kappa shape index (κ3) is 4.26. The van der Waals surface area contributed by atoms with Crippen molar-refractivity contribution in [3.8, 4) is 5.69 Å². The van der Waals surface area contributed by atoms with E-state index in [9.17, 15) is 4.79 Å². The summed E-state index contributed by atoms with van der Waals surface area (Å²) in [7, 11) is 0. The van der Waals surface area contributed by atoms with Gasteiger partial charge in [0.2, 0.25) is 0 Å². The van der Waals surface area contributed by atoms with Gasteiger partial charge >= 0.3 is 0 Å². The molecule has 25 heavy (non-hydrogen) atoms. The van der Waals surface area contributed by atoms with Crippen LogP contribution in [0.1, 0.15) is 37.7 Å². The zero-order valence-corrected chi connectivity index (χ0v) is 17.4. The second-order valence-corrected chi connectivity index (χ2v) is 8.79. The van der Waals surface area contributed by atoms with Gasteiger partial charge in [-0.2, -0.15) is 0 Å². The average Bonchev–Trinajstić information content (AvgIpc) is 2.90. The van der Waals surface area contributed by atoms with Crippen LogP contribution in [0.15, 0.2) is 42.6 Å². The van der Waals surface area contributed by atoms with E-state index in [2.05, 4.69) is 60.4 Å². The standard InChI is InChI=1S/C20H26IN3O/c1-20(2,3)23-11-6-10-22(13-14-23)19(25)18-9-5-12-24(18)17-8-4-7-16(21)15-17/h4-5,7-9,12,15H,6,10-11,13-14H2,1-3H3. The molecule has 134 valence electrons. The van der Waals surface area contributed by atoms with Gasteiger partial charge < -0.3 is 9.47 Å². The zero-order chi connectivity index (χ0) is 18.0. The molecule has 1 saturated heterocycles. The van der Waals surface area contributed by atoms with Crippen LogP contribution in [0.3, 0.4) is 0 Å². The Morgan fingerprint density at radius 1 is 1.04 bits per heavy atom. The quantitative estimate of drug-likeness (QED) is 0.646. The van der Waals surface area contributed by atoms with Gasteiger partial charge in [0.15, 0.2) is 0 Å². The lowest BCUT2D eigenvalue weighted by atomic mass is 10.1. The van der Waals surface area contributed by atoms with Gasteiger partial charge in [-0.3, -0.25) is 9.69 Å². The third-order valence-corrected chi connectivity index (χ3v) is 5.46. The third-order valence-electron chi connectivity index (χ3n) is 4.79. The Balaban J connectivity index is 1.79. The highest BCUT2D eigenvalue weighted by atomic mass is 127. The average molecular weight is 451 g/mol. The van der Waals surface area contributed by atoms with Crippen LogP contribution in [-0.2, 0) is 0 Å². The Bertz CT molecular complexity index is 747. The van der Waals surface area contributed by atoms with E-state index in [1.165, 1.54) is 0 Å². The maximum Gasteiger partial charge on any atom is 0.270 e. The van der Waals surface area contributed by atoms with Crippen molar-refractivity contribution in [3.63, 3.8) is 0 Å². The summed E-state index contributed by atoms with van der Waals surface area (Å²) in [5.41, 5.74) is 1.93. The monoisotopic (exact) mass is 451 g/mol. The van der Waals surface area contributed by atoms with E-state index in [4.69, 9.17) is 0 Å². The Morgan fingerprint density at radius 2 is 1.84 bits per heavy atom. The van der Waals surface area contributed by atoms with Crippen LogP contribution in [0.25, 0.3) is 5.69 Å². The Morgan fingerprint density at radius 3 is 2.56 bits per heavy atom. The van der Waals surface area contributed by atoms with E-state index in [0.29, 0.717) is 0 Å². The molecule has 1 aliphatic heterocycles. The van der Waals surface area contributed by atoms with E-state index in [-0.39, 0.29) is 11.4 Å². The number of halogens is 1. The molecule has 5 heteroatoms. The number of amides is 1. The van der Waals surface area contributed by atoms with Crippen LogP contribution in [0.5, 0.6) is 0 Å². The summed E-state index contributed by atoms with van der Waals surface area (Å²) >= 11 is 2.30. The number of carbonyl (C=O) groups excluding carboxylic acids is 1. The van der Waals surface area contributed by atoms with Crippen LogP contribution in [0.2, 0.25) is 0 Å². The molecule has 0 unspecified atom stereocenters. The van der Waals surface area contributed by atoms with Gasteiger partial charge in [-0.15, -0.1) is 0 Å². The summed E-state index contributed by atoms with van der Waals surface area (Å²) in [6, 6.07) is 12.1. The molecule has 0 aliphatic carbocycles. The molecule has 4 nitrogen and oxygen atoms in total. The predicted molar refractivity (Wildman–Crippen MR) is 110 cm³/mol. The van der Waals surface area contributed by atoms with Gasteiger partial charge in [0.05, 0.1) is 0 Å². The number of nitrogens with zero attached hydrogens (tertiary/aromatic N) is 3. The smallest absolute Gasteiger partial charge is 0.270 e. The lowest BCUT2D eigenvalue weighted by molar-refractivity contribution is 0.0741. The molecule has 0 saturated carbocycles. The normalized spacial score (nSPS) is 16.7. The molecule has 0 N–H and O–H groups in total. The summed E-state index contributed by atoms with van der Waals surface area (Å²) in [5, 5.41) is 0. The minimum absolute atomic E-state index is 0.125. The van der Waals surface area contributed by atoms with Crippen molar-refractivity contribution in [3.05, 3.63) is 51.9 Å². The second kappa shape index (κ2) is 7.50. The van der Waals surface area contributed by atoms with Crippen molar-refractivity contribution in [2.45, 2.75) is 32.7 Å². The number of hydrogen-bond donors (Lipinski definition) is 0. The summed E-state index contributed by atoms with van der Waals surface area (Å²) < 4.78 is 3.16. The molecule has 2 heterocycles. The minimum atomic E-state index is 0.125. The molecular formula is C20H26IN3O. The number of carbonyl (C=O) groups is 1. The van der Waals surface area contributed by atoms with E-state index in [1.54, 1.807) is 0 Å². The first-order valence-electron chi connectivity index (χ1n) is 8.84. The zero-order valence-electron chi connectivity index (χ0n) is 15.2. The topological polar surface area (TPSA) is 28.5 Å². The lowest BCUT2D eigenvalue weighted by Crippen LogP contribution is -2.44. The summed E-state index contributed by atoms with van der Waals surface area (Å²) in [6.07, 6.45) is 2.99. The van der Waals surface area contributed by atoms with Crippen molar-refractivity contribution in [2.24, 2.45) is 0 Å². The largest absolute Gasteiger partial charge is 0.336 e. The van der Waals surface area contributed by atoms with E-state index < -0.39 is 0 Å². The van der Waals surface area contributed by atoms with Gasteiger partial charge in [-0.25, -0.2) is 0 Å². The van der Waals surface area contributed by atoms with Crippen molar-refractivity contribution in [1.82, 2.24) is 14.4 Å². The SMILES string of the molecule is CC(C)(C)N1CCCN(C(=O)c2cccn2-c2cccc(I)c2)CC1. The fourth-order valence-corrected chi connectivity index (χ4v) is 3.89. The predicted octanol–water partition coefficient (Wildman–Crippen LogP) is 4.03. The van der Waals surface area contributed by atoms with Crippen molar-refractivity contribution in [2.75, 3.05) is 26.2 Å². The highest BCUT2D eigenvalue weighted by molar-refractivity contribution is 14.1. The van der Waals surface area contributed by atoms with E-state index in [0.717, 1.165) is 47.6 Å². The van der Waals surface area contributed by atoms with Gasteiger partial charge in [-0.1, -0.05) is 6.07 Å². The molecule has 3 rings (SSSR count). The number of hydrogen-bond acceptors (Lipinski definition) is 2. The molecule has 1 amide bonds. The van der Waals surface area contributed by atoms with Crippen molar-refractivity contribution >= 4 is 28.5 Å². The molecule has 0 atom stereocenters. The fourth-order valence-electron chi connectivity index (χ4n) is 3.36. The molecule has 1 aromatic heterocycles. The molecule has 1 aromatic carbocycles. The van der Waals surface area contributed by atoms with E-state index >= 15 is 0 Å². The molecular weight excluding hydrogens is 425 g/mol. The first kappa shape index (κ1) is 18.5. The molecule has 1 fully saturated rings. The van der Waals surface area contributed by atoms with Gasteiger partial charge in [0, 0.05) is 47.2 Å². The Kier molecular flexibility index (Phi) is 5.53. The number of aromatic nitrogens is 1. The van der Waals surface area contributed by atoms with E-state index in [1.807, 2.05) is 39.9 Å². The second-order valence-electron chi connectivity index (χ2n) is 7.55. The maximum absolute atomic E-state index is 13.1. The van der Waals surface area contributed by atoms with Crippen LogP contribution in [-0.4, -0.2) is 52.0 Å². The van der Waals surface area contributed by atoms with Gasteiger partial charge in [0.25, 0.3) is 5.91 Å². The van der Waals surface area contributed by atoms with Crippen LogP contribution >= 0.6 is 22.6 Å². The fraction of sp³-hybridized carbons (Fsp3) is 0.450. The highest BCUT2D eigenvalue weighted by Gasteiger charge is 2.27. The van der Waals surface area contributed by atoms with Crippen molar-refractivity contribution < 1.29 is 4.79 Å². The first-order chi connectivity index (χ1) is 11.9. The minimum Gasteiger partial charge on any atom is -0.336 e. The lowest BCUT2D eigenvalue weighted by Gasteiger charge is -2.34. The first-order valence-corrected chi connectivity index (χ1v) is 9.92. The van der Waals surface area contributed by atoms with Crippen LogP contribution in [0.4, 0.5) is 0 Å². The highest BCUT2D eigenvalue weighted by Crippen LogP contribution is 2.20. The van der Waals surface area contributed by atoms with Gasteiger partial charge in [0.1, 0.15) is 5.69 Å². The molecule has 0 radical (unpaired) electrons. The van der Waals surface area contributed by atoms with Crippen LogP contribution in [0, 0.1) is 3.57 Å². The molecule has 0 bridgehead atoms.